The maximum Gasteiger partial charge on any atom is 0.280 e. The summed E-state index contributed by atoms with van der Waals surface area (Å²) < 4.78 is 15.6. The standard InChI is InChI=1S/C30H39FN6O2/c1-20(2)35(3)29(39)22-9-13-25(14-10-22)37-27-17-24(19-36-15-5-4-6-16-36)32-18-26(27)33-30(37)34-28(38)21-7-11-23(31)12-8-21/h7-8,11-12,17-18,20,22,25H,4-6,9-10,13-16,19H2,1-3H3,(H,33,34,38)/t22-,25+. The van der Waals surface area contributed by atoms with Gasteiger partial charge in [0, 0.05) is 37.2 Å². The molecule has 5 rings (SSSR count). The van der Waals surface area contributed by atoms with Crippen LogP contribution in [0.25, 0.3) is 11.0 Å². The first-order valence-electron chi connectivity index (χ1n) is 14.2. The number of carbonyl (C=O) groups is 2. The minimum Gasteiger partial charge on any atom is -0.343 e. The average molecular weight is 535 g/mol. The van der Waals surface area contributed by atoms with Crippen molar-refractivity contribution in [1.29, 1.82) is 0 Å². The van der Waals surface area contributed by atoms with Gasteiger partial charge in [0.15, 0.2) is 0 Å². The highest BCUT2D eigenvalue weighted by atomic mass is 19.1. The summed E-state index contributed by atoms with van der Waals surface area (Å²) in [6.07, 6.45) is 8.76. The van der Waals surface area contributed by atoms with Crippen molar-refractivity contribution >= 4 is 22.8 Å². The van der Waals surface area contributed by atoms with Crippen molar-refractivity contribution in [1.82, 2.24) is 24.3 Å². The van der Waals surface area contributed by atoms with Crippen molar-refractivity contribution in [2.24, 2.45) is 10.9 Å². The minimum atomic E-state index is -0.431. The summed E-state index contributed by atoms with van der Waals surface area (Å²) in [6, 6.07) is 7.83. The molecule has 1 saturated heterocycles. The maximum atomic E-state index is 13.4. The van der Waals surface area contributed by atoms with Crippen molar-refractivity contribution < 1.29 is 14.0 Å². The fraction of sp³-hybridized carbons (Fsp3) is 0.533. The number of amides is 2. The van der Waals surface area contributed by atoms with Crippen LogP contribution in [0.15, 0.2) is 41.5 Å². The van der Waals surface area contributed by atoms with Crippen LogP contribution in [-0.2, 0) is 11.3 Å². The second kappa shape index (κ2) is 11.8. The van der Waals surface area contributed by atoms with E-state index in [0.29, 0.717) is 11.2 Å². The summed E-state index contributed by atoms with van der Waals surface area (Å²) in [6.45, 7) is 7.04. The third-order valence-electron chi connectivity index (χ3n) is 8.34. The first-order chi connectivity index (χ1) is 18.8. The SMILES string of the molecule is CC(C)N(C)C(=O)[C@H]1CC[C@@H](n2/c(=N/C(=O)c3ccc(F)cc3)[nH]c3cnc(CN4CCCCC4)cc32)CC1. The van der Waals surface area contributed by atoms with Gasteiger partial charge >= 0.3 is 0 Å². The molecule has 208 valence electrons. The second-order valence-corrected chi connectivity index (χ2v) is 11.3. The number of piperidine rings is 1. The number of hydrogen-bond donors (Lipinski definition) is 1. The molecule has 9 heteroatoms. The van der Waals surface area contributed by atoms with Crippen LogP contribution < -0.4 is 5.62 Å². The van der Waals surface area contributed by atoms with Crippen LogP contribution in [0.4, 0.5) is 4.39 Å². The number of aromatic nitrogens is 3. The number of fused-ring (bicyclic) bond motifs is 1. The lowest BCUT2D eigenvalue weighted by molar-refractivity contribution is -0.136. The van der Waals surface area contributed by atoms with E-state index in [0.717, 1.165) is 62.0 Å². The number of aromatic amines is 1. The molecule has 2 aliphatic rings. The molecule has 8 nitrogen and oxygen atoms in total. The quantitative estimate of drug-likeness (QED) is 0.491. The molecule has 0 spiro atoms. The van der Waals surface area contributed by atoms with Gasteiger partial charge in [-0.05, 0) is 95.8 Å². The highest BCUT2D eigenvalue weighted by Gasteiger charge is 2.31. The zero-order chi connectivity index (χ0) is 27.5. The third-order valence-corrected chi connectivity index (χ3v) is 8.34. The summed E-state index contributed by atoms with van der Waals surface area (Å²) in [5, 5.41) is 0. The van der Waals surface area contributed by atoms with Crippen molar-refractivity contribution in [3.63, 3.8) is 0 Å². The summed E-state index contributed by atoms with van der Waals surface area (Å²) in [5.41, 5.74) is 3.58. The molecule has 1 aromatic carbocycles. The average Bonchev–Trinajstić information content (AvgIpc) is 3.30. The molecular formula is C30H39FN6O2. The largest absolute Gasteiger partial charge is 0.343 e. The van der Waals surface area contributed by atoms with Crippen molar-refractivity contribution in [3.8, 4) is 0 Å². The van der Waals surface area contributed by atoms with Crippen LogP contribution in [-0.4, -0.2) is 62.3 Å². The predicted molar refractivity (Wildman–Crippen MR) is 148 cm³/mol. The molecule has 3 heterocycles. The van der Waals surface area contributed by atoms with E-state index in [1.807, 2.05) is 32.0 Å². The number of nitrogens with one attached hydrogen (secondary N) is 1. The topological polar surface area (TPSA) is 86.6 Å². The van der Waals surface area contributed by atoms with E-state index in [1.165, 1.54) is 43.5 Å². The Bertz CT molecular complexity index is 1380. The van der Waals surface area contributed by atoms with Crippen molar-refractivity contribution in [3.05, 3.63) is 59.2 Å². The molecule has 1 N–H and O–H groups in total. The minimum absolute atomic E-state index is 0.0111. The monoisotopic (exact) mass is 534 g/mol. The van der Waals surface area contributed by atoms with Gasteiger partial charge in [0.25, 0.3) is 5.91 Å². The molecule has 0 bridgehead atoms. The maximum absolute atomic E-state index is 13.4. The molecular weight excluding hydrogens is 495 g/mol. The van der Waals surface area contributed by atoms with E-state index in [4.69, 9.17) is 4.98 Å². The first kappa shape index (κ1) is 27.2. The number of H-pyrrole nitrogens is 1. The van der Waals surface area contributed by atoms with Crippen LogP contribution in [0.2, 0.25) is 0 Å². The van der Waals surface area contributed by atoms with Gasteiger partial charge in [-0.1, -0.05) is 6.42 Å². The molecule has 1 saturated carbocycles. The lowest BCUT2D eigenvalue weighted by Crippen LogP contribution is -2.39. The Hall–Kier alpha value is -3.33. The first-order valence-corrected chi connectivity index (χ1v) is 14.2. The van der Waals surface area contributed by atoms with Gasteiger partial charge in [-0.15, -0.1) is 0 Å². The lowest BCUT2D eigenvalue weighted by Gasteiger charge is -2.32. The molecule has 0 unspecified atom stereocenters. The van der Waals surface area contributed by atoms with E-state index < -0.39 is 11.7 Å². The van der Waals surface area contributed by atoms with E-state index in [9.17, 15) is 14.0 Å². The number of pyridine rings is 1. The molecule has 1 aliphatic heterocycles. The molecule has 1 aliphatic carbocycles. The number of benzene rings is 1. The third kappa shape index (κ3) is 6.13. The number of imidazole rings is 1. The van der Waals surface area contributed by atoms with Crippen molar-refractivity contribution in [2.75, 3.05) is 20.1 Å². The van der Waals surface area contributed by atoms with E-state index in [2.05, 4.69) is 25.5 Å². The molecule has 3 aromatic rings. The van der Waals surface area contributed by atoms with Gasteiger partial charge in [-0.25, -0.2) is 4.39 Å². The van der Waals surface area contributed by atoms with Gasteiger partial charge in [-0.2, -0.15) is 4.99 Å². The second-order valence-electron chi connectivity index (χ2n) is 11.3. The van der Waals surface area contributed by atoms with Gasteiger partial charge in [0.2, 0.25) is 11.5 Å². The van der Waals surface area contributed by atoms with Crippen molar-refractivity contribution in [2.45, 2.75) is 77.4 Å². The number of carbonyl (C=O) groups excluding carboxylic acids is 2. The Labute approximate surface area is 228 Å². The molecule has 0 radical (unpaired) electrons. The number of hydrogen-bond acceptors (Lipinski definition) is 4. The van der Waals surface area contributed by atoms with E-state index in [-0.39, 0.29) is 23.9 Å². The molecule has 2 amide bonds. The molecule has 2 fully saturated rings. The van der Waals surface area contributed by atoms with Crippen LogP contribution in [0.5, 0.6) is 0 Å². The smallest absolute Gasteiger partial charge is 0.280 e. The number of rotatable bonds is 6. The summed E-state index contributed by atoms with van der Waals surface area (Å²) in [4.78, 5) is 42.8. The fourth-order valence-electron chi connectivity index (χ4n) is 5.84. The van der Waals surface area contributed by atoms with Gasteiger partial charge < -0.3 is 14.5 Å². The molecule has 2 aromatic heterocycles. The Kier molecular flexibility index (Phi) is 8.26. The Morgan fingerprint density at radius 1 is 1.10 bits per heavy atom. The molecule has 0 atom stereocenters. The summed E-state index contributed by atoms with van der Waals surface area (Å²) >= 11 is 0. The van der Waals surface area contributed by atoms with Crippen LogP contribution in [0.1, 0.15) is 80.9 Å². The van der Waals surface area contributed by atoms with Crippen LogP contribution in [0.3, 0.4) is 0 Å². The zero-order valence-electron chi connectivity index (χ0n) is 23.2. The number of halogens is 1. The van der Waals surface area contributed by atoms with Crippen LogP contribution >= 0.6 is 0 Å². The van der Waals surface area contributed by atoms with Gasteiger partial charge in [0.05, 0.1) is 22.9 Å². The highest BCUT2D eigenvalue weighted by Crippen LogP contribution is 2.34. The van der Waals surface area contributed by atoms with Gasteiger partial charge in [-0.3, -0.25) is 19.5 Å². The Morgan fingerprint density at radius 2 is 1.79 bits per heavy atom. The van der Waals surface area contributed by atoms with Gasteiger partial charge in [0.1, 0.15) is 5.82 Å². The predicted octanol–water partition coefficient (Wildman–Crippen LogP) is 4.83. The lowest BCUT2D eigenvalue weighted by atomic mass is 9.85. The number of likely N-dealkylation sites (tertiary alicyclic amines) is 1. The number of nitrogens with zero attached hydrogens (tertiary/aromatic N) is 5. The summed E-state index contributed by atoms with van der Waals surface area (Å²) in [7, 11) is 1.88. The summed E-state index contributed by atoms with van der Waals surface area (Å²) in [5.74, 6) is -0.609. The van der Waals surface area contributed by atoms with E-state index >= 15 is 0 Å². The molecule has 39 heavy (non-hydrogen) atoms. The Morgan fingerprint density at radius 3 is 2.46 bits per heavy atom. The Balaban J connectivity index is 1.48. The zero-order valence-corrected chi connectivity index (χ0v) is 23.2. The van der Waals surface area contributed by atoms with Crippen LogP contribution in [0, 0.1) is 11.7 Å². The highest BCUT2D eigenvalue weighted by molar-refractivity contribution is 5.94. The van der Waals surface area contributed by atoms with E-state index in [1.54, 1.807) is 0 Å². The fourth-order valence-corrected chi connectivity index (χ4v) is 5.84. The normalized spacial score (nSPS) is 21.0.